The third-order valence-electron chi connectivity index (χ3n) is 1.75. The fraction of sp³-hybridized carbons (Fsp3) is 0.600. The van der Waals surface area contributed by atoms with Crippen molar-refractivity contribution in [2.75, 3.05) is 6.54 Å². The van der Waals surface area contributed by atoms with Crippen molar-refractivity contribution in [2.45, 2.75) is 27.7 Å². The van der Waals surface area contributed by atoms with Gasteiger partial charge in [-0.25, -0.2) is 0 Å². The standard InChI is InChI=1S/C10H19N/c1-6-8-10(4,5)9(3)11-7-2/h6,8,11H,3,7H2,1-2,4-5H3/b8-6+. The maximum atomic E-state index is 3.97. The van der Waals surface area contributed by atoms with Crippen LogP contribution in [0.15, 0.2) is 24.4 Å². The van der Waals surface area contributed by atoms with Gasteiger partial charge in [-0.2, -0.15) is 0 Å². The molecule has 0 unspecified atom stereocenters. The van der Waals surface area contributed by atoms with Crippen molar-refractivity contribution in [1.29, 1.82) is 0 Å². The highest BCUT2D eigenvalue weighted by Gasteiger charge is 2.16. The van der Waals surface area contributed by atoms with Gasteiger partial charge in [-0.05, 0) is 13.8 Å². The minimum absolute atomic E-state index is 0.0742. The molecule has 0 aromatic carbocycles. The van der Waals surface area contributed by atoms with E-state index in [1.54, 1.807) is 0 Å². The second-order valence-corrected chi connectivity index (χ2v) is 3.23. The minimum atomic E-state index is 0.0742. The summed E-state index contributed by atoms with van der Waals surface area (Å²) in [5.74, 6) is 0. The van der Waals surface area contributed by atoms with Crippen molar-refractivity contribution in [3.63, 3.8) is 0 Å². The summed E-state index contributed by atoms with van der Waals surface area (Å²) in [4.78, 5) is 0. The Labute approximate surface area is 70.2 Å². The predicted octanol–water partition coefficient (Wildman–Crippen LogP) is 2.71. The Morgan fingerprint density at radius 2 is 2.09 bits per heavy atom. The monoisotopic (exact) mass is 153 g/mol. The molecular formula is C10H19N. The molecule has 0 aromatic heterocycles. The Hall–Kier alpha value is -0.720. The van der Waals surface area contributed by atoms with Gasteiger partial charge in [0.2, 0.25) is 0 Å². The highest BCUT2D eigenvalue weighted by Crippen LogP contribution is 2.23. The molecule has 0 radical (unpaired) electrons. The van der Waals surface area contributed by atoms with Crippen LogP contribution in [0.1, 0.15) is 27.7 Å². The second-order valence-electron chi connectivity index (χ2n) is 3.23. The Kier molecular flexibility index (Phi) is 3.94. The molecule has 64 valence electrons. The molecule has 0 saturated heterocycles. The molecule has 0 spiro atoms. The Morgan fingerprint density at radius 1 is 1.55 bits per heavy atom. The summed E-state index contributed by atoms with van der Waals surface area (Å²) in [6.45, 7) is 13.3. The third kappa shape index (κ3) is 3.26. The zero-order valence-electron chi connectivity index (χ0n) is 8.07. The number of hydrogen-bond donors (Lipinski definition) is 1. The van der Waals surface area contributed by atoms with Gasteiger partial charge in [0, 0.05) is 17.7 Å². The van der Waals surface area contributed by atoms with E-state index in [1.165, 1.54) is 0 Å². The van der Waals surface area contributed by atoms with E-state index in [-0.39, 0.29) is 5.41 Å². The van der Waals surface area contributed by atoms with Crippen LogP contribution in [0.4, 0.5) is 0 Å². The van der Waals surface area contributed by atoms with Gasteiger partial charge in [-0.3, -0.25) is 0 Å². The fourth-order valence-electron chi connectivity index (χ4n) is 0.958. The maximum absolute atomic E-state index is 3.97. The summed E-state index contributed by atoms with van der Waals surface area (Å²) >= 11 is 0. The average Bonchev–Trinajstić information content (AvgIpc) is 1.88. The van der Waals surface area contributed by atoms with Crippen LogP contribution in [0, 0.1) is 5.41 Å². The van der Waals surface area contributed by atoms with Crippen LogP contribution in [-0.2, 0) is 0 Å². The van der Waals surface area contributed by atoms with E-state index in [4.69, 9.17) is 0 Å². The Morgan fingerprint density at radius 3 is 2.45 bits per heavy atom. The smallest absolute Gasteiger partial charge is 0.0217 e. The van der Waals surface area contributed by atoms with Gasteiger partial charge in [-0.1, -0.05) is 32.6 Å². The normalized spacial score (nSPS) is 12.0. The van der Waals surface area contributed by atoms with Crippen molar-refractivity contribution in [3.8, 4) is 0 Å². The lowest BCUT2D eigenvalue weighted by Crippen LogP contribution is -2.23. The second kappa shape index (κ2) is 4.22. The summed E-state index contributed by atoms with van der Waals surface area (Å²) in [6.07, 6.45) is 4.21. The van der Waals surface area contributed by atoms with E-state index < -0.39 is 0 Å². The van der Waals surface area contributed by atoms with Gasteiger partial charge in [0.05, 0.1) is 0 Å². The molecule has 0 aromatic rings. The first kappa shape index (κ1) is 10.3. The molecule has 1 nitrogen and oxygen atoms in total. The first-order chi connectivity index (χ1) is 5.04. The van der Waals surface area contributed by atoms with E-state index in [0.29, 0.717) is 0 Å². The number of allylic oxidation sites excluding steroid dienone is 2. The lowest BCUT2D eigenvalue weighted by atomic mass is 9.89. The molecule has 0 rings (SSSR count). The largest absolute Gasteiger partial charge is 0.388 e. The van der Waals surface area contributed by atoms with Gasteiger partial charge < -0.3 is 5.32 Å². The van der Waals surface area contributed by atoms with Crippen molar-refractivity contribution in [3.05, 3.63) is 24.4 Å². The highest BCUT2D eigenvalue weighted by molar-refractivity contribution is 5.13. The summed E-state index contributed by atoms with van der Waals surface area (Å²) in [7, 11) is 0. The van der Waals surface area contributed by atoms with Crippen molar-refractivity contribution >= 4 is 0 Å². The lowest BCUT2D eigenvalue weighted by molar-refractivity contribution is 0.529. The molecule has 11 heavy (non-hydrogen) atoms. The fourth-order valence-corrected chi connectivity index (χ4v) is 0.958. The van der Waals surface area contributed by atoms with E-state index in [0.717, 1.165) is 12.2 Å². The summed E-state index contributed by atoms with van der Waals surface area (Å²) in [5.41, 5.74) is 1.16. The molecular weight excluding hydrogens is 134 g/mol. The molecule has 0 atom stereocenters. The minimum Gasteiger partial charge on any atom is -0.388 e. The van der Waals surface area contributed by atoms with Crippen molar-refractivity contribution < 1.29 is 0 Å². The number of hydrogen-bond acceptors (Lipinski definition) is 1. The maximum Gasteiger partial charge on any atom is 0.0217 e. The van der Waals surface area contributed by atoms with Crippen LogP contribution in [0.3, 0.4) is 0 Å². The summed E-state index contributed by atoms with van der Waals surface area (Å²) < 4.78 is 0. The van der Waals surface area contributed by atoms with Crippen LogP contribution in [0.5, 0.6) is 0 Å². The van der Waals surface area contributed by atoms with Crippen LogP contribution < -0.4 is 5.32 Å². The average molecular weight is 153 g/mol. The molecule has 1 N–H and O–H groups in total. The third-order valence-corrected chi connectivity index (χ3v) is 1.75. The molecule has 0 saturated carbocycles. The Bertz CT molecular complexity index is 154. The van der Waals surface area contributed by atoms with Gasteiger partial charge >= 0.3 is 0 Å². The first-order valence-electron chi connectivity index (χ1n) is 4.11. The van der Waals surface area contributed by atoms with Crippen LogP contribution in [-0.4, -0.2) is 6.54 Å². The first-order valence-corrected chi connectivity index (χ1v) is 4.11. The number of rotatable bonds is 4. The SMILES string of the molecule is C=C(NCC)C(C)(C)/C=C/C. The van der Waals surface area contributed by atoms with Gasteiger partial charge in [-0.15, -0.1) is 0 Å². The van der Waals surface area contributed by atoms with Gasteiger partial charge in [0.25, 0.3) is 0 Å². The molecule has 0 bridgehead atoms. The van der Waals surface area contributed by atoms with Crippen LogP contribution >= 0.6 is 0 Å². The van der Waals surface area contributed by atoms with Crippen LogP contribution in [0.25, 0.3) is 0 Å². The molecule has 0 aliphatic heterocycles. The molecule has 0 aliphatic carbocycles. The zero-order valence-corrected chi connectivity index (χ0v) is 8.07. The molecule has 0 fully saturated rings. The molecule has 0 amide bonds. The molecule has 0 heterocycles. The summed E-state index contributed by atoms with van der Waals surface area (Å²) in [6, 6.07) is 0. The molecule has 1 heteroatoms. The van der Waals surface area contributed by atoms with Gasteiger partial charge in [0.15, 0.2) is 0 Å². The van der Waals surface area contributed by atoms with E-state index >= 15 is 0 Å². The topological polar surface area (TPSA) is 12.0 Å². The van der Waals surface area contributed by atoms with Crippen molar-refractivity contribution in [1.82, 2.24) is 5.32 Å². The number of nitrogens with one attached hydrogen (secondary N) is 1. The van der Waals surface area contributed by atoms with Crippen LogP contribution in [0.2, 0.25) is 0 Å². The predicted molar refractivity (Wildman–Crippen MR) is 51.4 cm³/mol. The lowest BCUT2D eigenvalue weighted by Gasteiger charge is -2.23. The Balaban J connectivity index is 4.17. The highest BCUT2D eigenvalue weighted by atomic mass is 14.9. The zero-order chi connectivity index (χ0) is 8.91. The molecule has 0 aliphatic rings. The van der Waals surface area contributed by atoms with E-state index in [9.17, 15) is 0 Å². The van der Waals surface area contributed by atoms with Gasteiger partial charge in [0.1, 0.15) is 0 Å². The quantitative estimate of drug-likeness (QED) is 0.612. The van der Waals surface area contributed by atoms with E-state index in [2.05, 4.69) is 44.8 Å². The summed E-state index contributed by atoms with van der Waals surface area (Å²) in [5, 5.41) is 3.22. The van der Waals surface area contributed by atoms with E-state index in [1.807, 2.05) is 6.92 Å². The van der Waals surface area contributed by atoms with Crippen molar-refractivity contribution in [2.24, 2.45) is 5.41 Å².